The summed E-state index contributed by atoms with van der Waals surface area (Å²) < 4.78 is 5.13. The monoisotopic (exact) mass is 350 g/mol. The lowest BCUT2D eigenvalue weighted by Crippen LogP contribution is -2.34. The van der Waals surface area contributed by atoms with E-state index in [1.807, 2.05) is 14.0 Å². The summed E-state index contributed by atoms with van der Waals surface area (Å²) in [5, 5.41) is 3.74. The Labute approximate surface area is 155 Å². The zero-order chi connectivity index (χ0) is 18.1. The Morgan fingerprint density at radius 2 is 1.96 bits per heavy atom. The number of carbonyl (C=O) groups is 1. The molecule has 2 aliphatic rings. The third-order valence-corrected chi connectivity index (χ3v) is 5.71. The van der Waals surface area contributed by atoms with Crippen molar-refractivity contribution in [3.8, 4) is 0 Å². The van der Waals surface area contributed by atoms with Crippen LogP contribution in [0.15, 0.2) is 48.5 Å². The summed E-state index contributed by atoms with van der Waals surface area (Å²) in [7, 11) is 2.03. The first kappa shape index (κ1) is 17.1. The average molecular weight is 350 g/mol. The summed E-state index contributed by atoms with van der Waals surface area (Å²) in [5.74, 6) is 0.348. The SMILES string of the molecule is CCOC(=O)CN(C)C1CCC2c3c(cccc31)NC2c1ccccc1. The lowest BCUT2D eigenvalue weighted by atomic mass is 9.76. The molecular formula is C22H26N2O2. The van der Waals surface area contributed by atoms with Crippen LogP contribution in [0.3, 0.4) is 0 Å². The molecule has 2 aromatic carbocycles. The van der Waals surface area contributed by atoms with E-state index in [9.17, 15) is 4.79 Å². The molecular weight excluding hydrogens is 324 g/mol. The minimum absolute atomic E-state index is 0.148. The zero-order valence-corrected chi connectivity index (χ0v) is 15.4. The van der Waals surface area contributed by atoms with E-state index in [0.29, 0.717) is 25.1 Å². The number of nitrogens with zero attached hydrogens (tertiary/aromatic N) is 1. The molecule has 4 heteroatoms. The summed E-state index contributed by atoms with van der Waals surface area (Å²) in [6.07, 6.45) is 2.18. The Morgan fingerprint density at radius 3 is 2.73 bits per heavy atom. The Balaban J connectivity index is 1.62. The Bertz CT molecular complexity index is 790. The van der Waals surface area contributed by atoms with Gasteiger partial charge in [0, 0.05) is 17.6 Å². The van der Waals surface area contributed by atoms with E-state index in [2.05, 4.69) is 58.7 Å². The summed E-state index contributed by atoms with van der Waals surface area (Å²) in [4.78, 5) is 14.1. The molecule has 0 fully saturated rings. The van der Waals surface area contributed by atoms with Crippen molar-refractivity contribution < 1.29 is 9.53 Å². The van der Waals surface area contributed by atoms with Gasteiger partial charge in [-0.1, -0.05) is 42.5 Å². The van der Waals surface area contributed by atoms with E-state index in [1.54, 1.807) is 0 Å². The predicted molar refractivity (Wildman–Crippen MR) is 103 cm³/mol. The van der Waals surface area contributed by atoms with E-state index in [4.69, 9.17) is 4.74 Å². The van der Waals surface area contributed by atoms with Gasteiger partial charge in [-0.2, -0.15) is 0 Å². The fourth-order valence-corrected chi connectivity index (χ4v) is 4.61. The highest BCUT2D eigenvalue weighted by molar-refractivity contribution is 5.72. The van der Waals surface area contributed by atoms with Crippen molar-refractivity contribution in [2.45, 2.75) is 37.8 Å². The van der Waals surface area contributed by atoms with Crippen molar-refractivity contribution in [3.63, 3.8) is 0 Å². The fraction of sp³-hybridized carbons (Fsp3) is 0.409. The van der Waals surface area contributed by atoms with E-state index < -0.39 is 0 Å². The van der Waals surface area contributed by atoms with Gasteiger partial charge in [0.2, 0.25) is 0 Å². The summed E-state index contributed by atoms with van der Waals surface area (Å²) in [6, 6.07) is 17.9. The molecule has 0 saturated carbocycles. The van der Waals surface area contributed by atoms with Crippen LogP contribution in [-0.2, 0) is 9.53 Å². The van der Waals surface area contributed by atoms with E-state index in [0.717, 1.165) is 12.8 Å². The predicted octanol–water partition coefficient (Wildman–Crippen LogP) is 4.27. The highest BCUT2D eigenvalue weighted by Gasteiger charge is 2.40. The molecule has 0 amide bonds. The lowest BCUT2D eigenvalue weighted by Gasteiger charge is -2.36. The molecule has 3 unspecified atom stereocenters. The fourth-order valence-electron chi connectivity index (χ4n) is 4.61. The quantitative estimate of drug-likeness (QED) is 0.818. The van der Waals surface area contributed by atoms with Crippen LogP contribution in [0, 0.1) is 0 Å². The number of rotatable bonds is 5. The Kier molecular flexibility index (Phi) is 4.68. The smallest absolute Gasteiger partial charge is 0.320 e. The van der Waals surface area contributed by atoms with Crippen LogP contribution in [0.1, 0.15) is 54.5 Å². The van der Waals surface area contributed by atoms with Gasteiger partial charge >= 0.3 is 5.97 Å². The van der Waals surface area contributed by atoms with Gasteiger partial charge in [-0.05, 0) is 49.6 Å². The van der Waals surface area contributed by atoms with Crippen molar-refractivity contribution in [2.24, 2.45) is 0 Å². The normalized spacial score (nSPS) is 23.4. The number of benzene rings is 2. The molecule has 26 heavy (non-hydrogen) atoms. The van der Waals surface area contributed by atoms with Crippen LogP contribution in [-0.4, -0.2) is 31.1 Å². The number of ether oxygens (including phenoxy) is 1. The standard InChI is InChI=1S/C22H26N2O2/c1-3-26-20(25)14-24(2)19-13-12-17-21-16(19)10-7-11-18(21)23-22(17)15-8-5-4-6-9-15/h4-11,17,19,22-23H,3,12-14H2,1-2H3. The number of carbonyl (C=O) groups excluding carboxylic acids is 1. The molecule has 1 N–H and O–H groups in total. The first-order chi connectivity index (χ1) is 12.7. The van der Waals surface area contributed by atoms with E-state index >= 15 is 0 Å². The van der Waals surface area contributed by atoms with Crippen molar-refractivity contribution in [1.82, 2.24) is 4.90 Å². The van der Waals surface area contributed by atoms with Gasteiger partial charge in [-0.15, -0.1) is 0 Å². The van der Waals surface area contributed by atoms with Crippen LogP contribution in [0.5, 0.6) is 0 Å². The molecule has 0 spiro atoms. The number of likely N-dealkylation sites (N-methyl/N-ethyl adjacent to an activating group) is 1. The van der Waals surface area contributed by atoms with E-state index in [-0.39, 0.29) is 12.0 Å². The van der Waals surface area contributed by atoms with Crippen molar-refractivity contribution in [2.75, 3.05) is 25.5 Å². The Hall–Kier alpha value is -2.33. The molecule has 4 nitrogen and oxygen atoms in total. The third kappa shape index (κ3) is 2.99. The minimum atomic E-state index is -0.148. The summed E-state index contributed by atoms with van der Waals surface area (Å²) in [6.45, 7) is 2.62. The van der Waals surface area contributed by atoms with Gasteiger partial charge in [-0.25, -0.2) is 0 Å². The van der Waals surface area contributed by atoms with Crippen molar-refractivity contribution in [1.29, 1.82) is 0 Å². The molecule has 4 rings (SSSR count). The lowest BCUT2D eigenvalue weighted by molar-refractivity contribution is -0.144. The molecule has 2 aromatic rings. The molecule has 3 atom stereocenters. The van der Waals surface area contributed by atoms with Crippen LogP contribution < -0.4 is 5.32 Å². The number of hydrogen-bond acceptors (Lipinski definition) is 4. The largest absolute Gasteiger partial charge is 0.465 e. The van der Waals surface area contributed by atoms with Crippen LogP contribution in [0.4, 0.5) is 5.69 Å². The highest BCUT2D eigenvalue weighted by Crippen LogP contribution is 2.53. The van der Waals surface area contributed by atoms with E-state index in [1.165, 1.54) is 22.4 Å². The van der Waals surface area contributed by atoms with Crippen molar-refractivity contribution in [3.05, 3.63) is 65.2 Å². The second-order valence-corrected chi connectivity index (χ2v) is 7.26. The van der Waals surface area contributed by atoms with Gasteiger partial charge < -0.3 is 10.1 Å². The third-order valence-electron chi connectivity index (χ3n) is 5.71. The second-order valence-electron chi connectivity index (χ2n) is 7.26. The first-order valence-electron chi connectivity index (χ1n) is 9.49. The molecule has 1 aliphatic heterocycles. The minimum Gasteiger partial charge on any atom is -0.465 e. The highest BCUT2D eigenvalue weighted by atomic mass is 16.5. The van der Waals surface area contributed by atoms with Crippen molar-refractivity contribution >= 4 is 11.7 Å². The van der Waals surface area contributed by atoms with Gasteiger partial charge in [0.1, 0.15) is 0 Å². The molecule has 1 aliphatic carbocycles. The number of anilines is 1. The number of nitrogens with one attached hydrogen (secondary N) is 1. The summed E-state index contributed by atoms with van der Waals surface area (Å²) in [5.41, 5.74) is 5.39. The van der Waals surface area contributed by atoms with Crippen LogP contribution in [0.2, 0.25) is 0 Å². The molecule has 136 valence electrons. The molecule has 0 radical (unpaired) electrons. The molecule has 0 bridgehead atoms. The average Bonchev–Trinajstić information content (AvgIpc) is 3.03. The number of esters is 1. The molecule has 0 saturated heterocycles. The number of hydrogen-bond donors (Lipinski definition) is 1. The van der Waals surface area contributed by atoms with Gasteiger partial charge in [-0.3, -0.25) is 9.69 Å². The van der Waals surface area contributed by atoms with Gasteiger partial charge in [0.25, 0.3) is 0 Å². The summed E-state index contributed by atoms with van der Waals surface area (Å²) >= 11 is 0. The second kappa shape index (κ2) is 7.12. The first-order valence-corrected chi connectivity index (χ1v) is 9.49. The van der Waals surface area contributed by atoms with Crippen LogP contribution in [0.25, 0.3) is 0 Å². The topological polar surface area (TPSA) is 41.6 Å². The maximum absolute atomic E-state index is 11.9. The zero-order valence-electron chi connectivity index (χ0n) is 15.4. The molecule has 0 aromatic heterocycles. The van der Waals surface area contributed by atoms with Gasteiger partial charge in [0.05, 0.1) is 19.2 Å². The maximum atomic E-state index is 11.9. The van der Waals surface area contributed by atoms with Crippen LogP contribution >= 0.6 is 0 Å². The Morgan fingerprint density at radius 1 is 1.15 bits per heavy atom. The van der Waals surface area contributed by atoms with Gasteiger partial charge in [0.15, 0.2) is 0 Å². The maximum Gasteiger partial charge on any atom is 0.320 e. The molecule has 1 heterocycles.